The SMILES string of the molecule is CC.COCCCO. The molecule has 0 spiro atoms. The predicted octanol–water partition coefficient (Wildman–Crippen LogP) is 1.04. The Morgan fingerprint density at radius 3 is 2.00 bits per heavy atom. The van der Waals surface area contributed by atoms with Crippen molar-refractivity contribution in [3.05, 3.63) is 0 Å². The number of methoxy groups -OCH3 is 1. The molecule has 0 saturated carbocycles. The standard InChI is InChI=1S/C4H10O2.C2H6/c1-6-4-2-3-5;1-2/h5H,2-4H2,1H3;1-2H3. The maximum atomic E-state index is 8.12. The topological polar surface area (TPSA) is 29.5 Å². The summed E-state index contributed by atoms with van der Waals surface area (Å²) in [6.45, 7) is 4.89. The zero-order chi connectivity index (χ0) is 6.83. The molecule has 0 rings (SSSR count). The van der Waals surface area contributed by atoms with Crippen molar-refractivity contribution in [2.75, 3.05) is 20.3 Å². The van der Waals surface area contributed by atoms with Gasteiger partial charge in [0.1, 0.15) is 0 Å². The fraction of sp³-hybridized carbons (Fsp3) is 1.00. The third kappa shape index (κ3) is 16.8. The number of aliphatic hydroxyl groups is 1. The van der Waals surface area contributed by atoms with Crippen LogP contribution in [0.3, 0.4) is 0 Å². The lowest BCUT2D eigenvalue weighted by Crippen LogP contribution is -1.90. The maximum Gasteiger partial charge on any atom is 0.0484 e. The second kappa shape index (κ2) is 15.8. The Bertz CT molecular complexity index is 18.5. The van der Waals surface area contributed by atoms with Gasteiger partial charge in [-0.05, 0) is 6.42 Å². The molecule has 0 amide bonds. The molecule has 0 bridgehead atoms. The van der Waals surface area contributed by atoms with Gasteiger partial charge >= 0.3 is 0 Å². The van der Waals surface area contributed by atoms with Crippen molar-refractivity contribution in [1.82, 2.24) is 0 Å². The number of ether oxygens (including phenoxy) is 1. The van der Waals surface area contributed by atoms with Gasteiger partial charge in [-0.1, -0.05) is 13.8 Å². The quantitative estimate of drug-likeness (QED) is 0.564. The highest BCUT2D eigenvalue weighted by atomic mass is 16.5. The number of hydrogen-bond acceptors (Lipinski definition) is 2. The maximum absolute atomic E-state index is 8.12. The molecular weight excluding hydrogens is 104 g/mol. The molecule has 0 saturated heterocycles. The molecule has 0 aromatic heterocycles. The Labute approximate surface area is 51.5 Å². The highest BCUT2D eigenvalue weighted by Gasteiger charge is 1.75. The van der Waals surface area contributed by atoms with E-state index in [1.807, 2.05) is 13.8 Å². The van der Waals surface area contributed by atoms with Crippen LogP contribution in [0.2, 0.25) is 0 Å². The van der Waals surface area contributed by atoms with E-state index in [2.05, 4.69) is 4.74 Å². The largest absolute Gasteiger partial charge is 0.396 e. The van der Waals surface area contributed by atoms with Crippen molar-refractivity contribution >= 4 is 0 Å². The van der Waals surface area contributed by atoms with Crippen molar-refractivity contribution < 1.29 is 9.84 Å². The lowest BCUT2D eigenvalue weighted by Gasteiger charge is -1.89. The molecule has 0 unspecified atom stereocenters. The molecule has 0 aliphatic heterocycles. The summed E-state index contributed by atoms with van der Waals surface area (Å²) in [5, 5.41) is 8.12. The Kier molecular flexibility index (Phi) is 21.3. The minimum absolute atomic E-state index is 0.230. The van der Waals surface area contributed by atoms with Crippen molar-refractivity contribution in [2.45, 2.75) is 20.3 Å². The smallest absolute Gasteiger partial charge is 0.0484 e. The molecule has 0 aliphatic carbocycles. The lowest BCUT2D eigenvalue weighted by molar-refractivity contribution is 0.166. The minimum atomic E-state index is 0.230. The average Bonchev–Trinajstić information content (AvgIpc) is 1.88. The molecule has 0 aromatic rings. The second-order valence-corrected chi connectivity index (χ2v) is 1.07. The van der Waals surface area contributed by atoms with Crippen LogP contribution in [0.1, 0.15) is 20.3 Å². The van der Waals surface area contributed by atoms with Gasteiger partial charge in [-0.3, -0.25) is 0 Å². The van der Waals surface area contributed by atoms with E-state index < -0.39 is 0 Å². The summed E-state index contributed by atoms with van der Waals surface area (Å²) in [7, 11) is 1.62. The Morgan fingerprint density at radius 2 is 1.88 bits per heavy atom. The predicted molar refractivity (Wildman–Crippen MR) is 34.9 cm³/mol. The number of hydrogen-bond donors (Lipinski definition) is 1. The summed E-state index contributed by atoms with van der Waals surface area (Å²) in [6.07, 6.45) is 0.747. The normalized spacial score (nSPS) is 7.50. The van der Waals surface area contributed by atoms with Crippen molar-refractivity contribution in [3.63, 3.8) is 0 Å². The van der Waals surface area contributed by atoms with E-state index in [0.717, 1.165) is 6.42 Å². The van der Waals surface area contributed by atoms with Gasteiger partial charge in [0.05, 0.1) is 0 Å². The minimum Gasteiger partial charge on any atom is -0.396 e. The highest BCUT2D eigenvalue weighted by molar-refractivity contribution is 4.25. The summed E-state index contributed by atoms with van der Waals surface area (Å²) in [5.41, 5.74) is 0. The molecule has 1 N–H and O–H groups in total. The molecule has 0 heterocycles. The fourth-order valence-corrected chi connectivity index (χ4v) is 0.209. The average molecular weight is 120 g/mol. The summed E-state index contributed by atoms with van der Waals surface area (Å²) >= 11 is 0. The van der Waals surface area contributed by atoms with Crippen molar-refractivity contribution in [1.29, 1.82) is 0 Å². The summed E-state index contributed by atoms with van der Waals surface area (Å²) in [6, 6.07) is 0. The van der Waals surface area contributed by atoms with E-state index in [-0.39, 0.29) is 6.61 Å². The van der Waals surface area contributed by atoms with E-state index in [9.17, 15) is 0 Å². The van der Waals surface area contributed by atoms with E-state index >= 15 is 0 Å². The van der Waals surface area contributed by atoms with Crippen LogP contribution in [-0.4, -0.2) is 25.4 Å². The number of rotatable bonds is 3. The highest BCUT2D eigenvalue weighted by Crippen LogP contribution is 1.72. The van der Waals surface area contributed by atoms with E-state index in [4.69, 9.17) is 5.11 Å². The van der Waals surface area contributed by atoms with E-state index in [1.165, 1.54) is 0 Å². The Morgan fingerprint density at radius 1 is 1.38 bits per heavy atom. The molecule has 0 fully saturated rings. The molecule has 2 heteroatoms. The first-order chi connectivity index (χ1) is 3.91. The van der Waals surface area contributed by atoms with Crippen LogP contribution in [0.15, 0.2) is 0 Å². The molecule has 0 aromatic carbocycles. The van der Waals surface area contributed by atoms with Crippen molar-refractivity contribution in [3.8, 4) is 0 Å². The third-order valence-corrected chi connectivity index (χ3v) is 0.507. The first-order valence-electron chi connectivity index (χ1n) is 3.01. The molecule has 2 nitrogen and oxygen atoms in total. The van der Waals surface area contributed by atoms with Gasteiger partial charge in [0, 0.05) is 20.3 Å². The van der Waals surface area contributed by atoms with Crippen LogP contribution in [0.5, 0.6) is 0 Å². The molecule has 0 aliphatic rings. The van der Waals surface area contributed by atoms with Gasteiger partial charge in [-0.15, -0.1) is 0 Å². The van der Waals surface area contributed by atoms with E-state index in [0.29, 0.717) is 6.61 Å². The van der Waals surface area contributed by atoms with Gasteiger partial charge in [0.25, 0.3) is 0 Å². The van der Waals surface area contributed by atoms with Gasteiger partial charge in [-0.2, -0.15) is 0 Å². The molecule has 0 atom stereocenters. The fourth-order valence-electron chi connectivity index (χ4n) is 0.209. The van der Waals surface area contributed by atoms with Crippen LogP contribution in [0.25, 0.3) is 0 Å². The summed E-state index contributed by atoms with van der Waals surface area (Å²) in [4.78, 5) is 0. The second-order valence-electron chi connectivity index (χ2n) is 1.07. The van der Waals surface area contributed by atoms with Gasteiger partial charge in [0.2, 0.25) is 0 Å². The lowest BCUT2D eigenvalue weighted by atomic mass is 10.5. The monoisotopic (exact) mass is 120 g/mol. The third-order valence-electron chi connectivity index (χ3n) is 0.507. The van der Waals surface area contributed by atoms with E-state index in [1.54, 1.807) is 7.11 Å². The van der Waals surface area contributed by atoms with Crippen LogP contribution in [0, 0.1) is 0 Å². The molecule has 8 heavy (non-hydrogen) atoms. The van der Waals surface area contributed by atoms with Crippen molar-refractivity contribution in [2.24, 2.45) is 0 Å². The van der Waals surface area contributed by atoms with Crippen LogP contribution >= 0.6 is 0 Å². The first-order valence-corrected chi connectivity index (χ1v) is 3.01. The molecule has 52 valence electrons. The van der Waals surface area contributed by atoms with Crippen LogP contribution in [-0.2, 0) is 4.74 Å². The summed E-state index contributed by atoms with van der Waals surface area (Å²) < 4.78 is 4.62. The zero-order valence-corrected chi connectivity index (χ0v) is 5.98. The number of aliphatic hydroxyl groups excluding tert-OH is 1. The zero-order valence-electron chi connectivity index (χ0n) is 5.98. The Balaban J connectivity index is 0. The first kappa shape index (κ1) is 10.8. The van der Waals surface area contributed by atoms with Crippen LogP contribution < -0.4 is 0 Å². The molecular formula is C6H16O2. The van der Waals surface area contributed by atoms with Gasteiger partial charge < -0.3 is 9.84 Å². The van der Waals surface area contributed by atoms with Gasteiger partial charge in [-0.25, -0.2) is 0 Å². The summed E-state index contributed by atoms with van der Waals surface area (Å²) in [5.74, 6) is 0. The van der Waals surface area contributed by atoms with Gasteiger partial charge in [0.15, 0.2) is 0 Å². The molecule has 0 radical (unpaired) electrons. The van der Waals surface area contributed by atoms with Crippen LogP contribution in [0.4, 0.5) is 0 Å². The Hall–Kier alpha value is -0.0800.